The molecule has 7 heteroatoms. The summed E-state index contributed by atoms with van der Waals surface area (Å²) in [7, 11) is 0. The molecule has 144 valence electrons. The average molecular weight is 399 g/mol. The number of nitrogens with one attached hydrogen (secondary N) is 1. The van der Waals surface area contributed by atoms with Crippen LogP contribution in [0.4, 0.5) is 10.5 Å². The van der Waals surface area contributed by atoms with Crippen molar-refractivity contribution in [3.8, 4) is 0 Å². The van der Waals surface area contributed by atoms with Gasteiger partial charge in [-0.15, -0.1) is 0 Å². The van der Waals surface area contributed by atoms with Gasteiger partial charge in [0.2, 0.25) is 0 Å². The molecular formula is C19H28Cl2N4O. The highest BCUT2D eigenvalue weighted by molar-refractivity contribution is 6.39. The van der Waals surface area contributed by atoms with E-state index in [1.54, 1.807) is 0 Å². The Labute approximate surface area is 166 Å². The maximum atomic E-state index is 12.4. The zero-order valence-corrected chi connectivity index (χ0v) is 16.7. The van der Waals surface area contributed by atoms with E-state index in [9.17, 15) is 4.79 Å². The molecule has 0 aliphatic carbocycles. The summed E-state index contributed by atoms with van der Waals surface area (Å²) in [5, 5.41) is 4.38. The third-order valence-electron chi connectivity index (χ3n) is 5.20. The van der Waals surface area contributed by atoms with Crippen LogP contribution in [0.2, 0.25) is 10.0 Å². The van der Waals surface area contributed by atoms with E-state index in [2.05, 4.69) is 15.1 Å². The molecule has 1 aromatic carbocycles. The first-order valence-corrected chi connectivity index (χ1v) is 10.3. The second-order valence-electron chi connectivity index (χ2n) is 7.03. The molecule has 0 radical (unpaired) electrons. The zero-order valence-electron chi connectivity index (χ0n) is 15.2. The van der Waals surface area contributed by atoms with Crippen molar-refractivity contribution in [1.29, 1.82) is 0 Å². The maximum absolute atomic E-state index is 12.4. The predicted octanol–water partition coefficient (Wildman–Crippen LogP) is 3.70. The fourth-order valence-corrected chi connectivity index (χ4v) is 4.35. The minimum absolute atomic E-state index is 0.0357. The van der Waals surface area contributed by atoms with Crippen molar-refractivity contribution in [2.45, 2.75) is 25.7 Å². The number of nitrogens with zero attached hydrogens (tertiary/aromatic N) is 3. The molecule has 1 aromatic rings. The van der Waals surface area contributed by atoms with Crippen molar-refractivity contribution in [2.75, 3.05) is 57.3 Å². The molecule has 2 heterocycles. The monoisotopic (exact) mass is 398 g/mol. The number of carbonyl (C=O) groups excluding carboxylic acids is 1. The van der Waals surface area contributed by atoms with Gasteiger partial charge in [0.05, 0.1) is 15.7 Å². The van der Waals surface area contributed by atoms with Crippen LogP contribution in [0.5, 0.6) is 0 Å². The summed E-state index contributed by atoms with van der Waals surface area (Å²) in [6.45, 7) is 7.08. The summed E-state index contributed by atoms with van der Waals surface area (Å²) in [4.78, 5) is 18.9. The quantitative estimate of drug-likeness (QED) is 0.768. The number of amides is 2. The molecule has 2 saturated heterocycles. The minimum Gasteiger partial charge on any atom is -0.366 e. The van der Waals surface area contributed by atoms with Crippen LogP contribution in [0.3, 0.4) is 0 Å². The van der Waals surface area contributed by atoms with Crippen LogP contribution in [0.1, 0.15) is 25.7 Å². The van der Waals surface area contributed by atoms with Gasteiger partial charge < -0.3 is 20.0 Å². The van der Waals surface area contributed by atoms with E-state index in [4.69, 9.17) is 23.2 Å². The van der Waals surface area contributed by atoms with Gasteiger partial charge in [-0.3, -0.25) is 0 Å². The molecule has 0 unspecified atom stereocenters. The number of anilines is 1. The van der Waals surface area contributed by atoms with Gasteiger partial charge in [0, 0.05) is 32.7 Å². The topological polar surface area (TPSA) is 38.8 Å². The first-order valence-electron chi connectivity index (χ1n) is 9.59. The van der Waals surface area contributed by atoms with Crippen molar-refractivity contribution in [1.82, 2.24) is 15.1 Å². The van der Waals surface area contributed by atoms with Gasteiger partial charge in [0.25, 0.3) is 0 Å². The molecule has 0 atom stereocenters. The molecule has 26 heavy (non-hydrogen) atoms. The molecule has 0 bridgehead atoms. The van der Waals surface area contributed by atoms with Crippen LogP contribution in [0.25, 0.3) is 0 Å². The number of halogens is 2. The molecule has 0 aromatic heterocycles. The highest BCUT2D eigenvalue weighted by atomic mass is 35.5. The van der Waals surface area contributed by atoms with E-state index < -0.39 is 0 Å². The van der Waals surface area contributed by atoms with Crippen LogP contribution in [0.15, 0.2) is 18.2 Å². The smallest absolute Gasteiger partial charge is 0.317 e. The molecule has 2 aliphatic rings. The fourth-order valence-electron chi connectivity index (χ4n) is 3.72. The molecule has 0 saturated carbocycles. The maximum Gasteiger partial charge on any atom is 0.317 e. The third kappa shape index (κ3) is 5.18. The van der Waals surface area contributed by atoms with Gasteiger partial charge in [-0.1, -0.05) is 35.7 Å². The second-order valence-corrected chi connectivity index (χ2v) is 7.85. The highest BCUT2D eigenvalue weighted by Crippen LogP contribution is 2.33. The van der Waals surface area contributed by atoms with Gasteiger partial charge >= 0.3 is 6.03 Å². The molecular weight excluding hydrogens is 371 g/mol. The summed E-state index contributed by atoms with van der Waals surface area (Å²) in [6, 6.07) is 5.59. The Bertz CT molecular complexity index is 579. The number of hydrogen-bond acceptors (Lipinski definition) is 3. The Balaban J connectivity index is 1.38. The Morgan fingerprint density at radius 2 is 1.62 bits per heavy atom. The van der Waals surface area contributed by atoms with Gasteiger partial charge in [-0.2, -0.15) is 0 Å². The Hall–Kier alpha value is -1.17. The summed E-state index contributed by atoms with van der Waals surface area (Å²) >= 11 is 12.6. The first-order chi connectivity index (χ1) is 12.6. The lowest BCUT2D eigenvalue weighted by Crippen LogP contribution is -2.52. The molecule has 2 fully saturated rings. The fraction of sp³-hybridized carbons (Fsp3) is 0.632. The lowest BCUT2D eigenvalue weighted by Gasteiger charge is -2.36. The predicted molar refractivity (Wildman–Crippen MR) is 109 cm³/mol. The number of likely N-dealkylation sites (tertiary alicyclic amines) is 1. The Kier molecular flexibility index (Phi) is 7.29. The standard InChI is InChI=1S/C19H28Cl2N4O/c20-16-6-4-7-17(21)18(16)24-12-14-25(15-13-24)19(26)22-8-5-11-23-9-2-1-3-10-23/h4,6-7H,1-3,5,8-15H2,(H,22,26). The van der Waals surface area contributed by atoms with Gasteiger partial charge in [0.1, 0.15) is 0 Å². The summed E-state index contributed by atoms with van der Waals surface area (Å²) in [5.74, 6) is 0. The number of piperidine rings is 1. The number of para-hydroxylation sites is 1. The molecule has 0 spiro atoms. The Morgan fingerprint density at radius 1 is 0.962 bits per heavy atom. The third-order valence-corrected chi connectivity index (χ3v) is 5.81. The van der Waals surface area contributed by atoms with E-state index in [-0.39, 0.29) is 6.03 Å². The second kappa shape index (κ2) is 9.67. The van der Waals surface area contributed by atoms with Crippen LogP contribution < -0.4 is 10.2 Å². The minimum atomic E-state index is 0.0357. The Morgan fingerprint density at radius 3 is 2.27 bits per heavy atom. The van der Waals surface area contributed by atoms with Gasteiger partial charge in [-0.05, 0) is 51.0 Å². The lowest BCUT2D eigenvalue weighted by molar-refractivity contribution is 0.191. The molecule has 5 nitrogen and oxygen atoms in total. The molecule has 2 aliphatic heterocycles. The number of benzene rings is 1. The number of urea groups is 1. The van der Waals surface area contributed by atoms with Crippen molar-refractivity contribution >= 4 is 34.9 Å². The van der Waals surface area contributed by atoms with Crippen molar-refractivity contribution in [3.63, 3.8) is 0 Å². The van der Waals surface area contributed by atoms with Crippen LogP contribution in [-0.2, 0) is 0 Å². The average Bonchev–Trinajstić information content (AvgIpc) is 2.66. The van der Waals surface area contributed by atoms with Crippen LogP contribution in [-0.4, -0.2) is 68.2 Å². The van der Waals surface area contributed by atoms with Crippen molar-refractivity contribution < 1.29 is 4.79 Å². The number of piperazine rings is 1. The summed E-state index contributed by atoms with van der Waals surface area (Å²) < 4.78 is 0. The van der Waals surface area contributed by atoms with Crippen molar-refractivity contribution in [3.05, 3.63) is 28.2 Å². The zero-order chi connectivity index (χ0) is 18.4. The largest absolute Gasteiger partial charge is 0.366 e. The molecule has 2 amide bonds. The van der Waals surface area contributed by atoms with E-state index in [0.717, 1.165) is 38.3 Å². The van der Waals surface area contributed by atoms with E-state index in [1.165, 1.54) is 32.4 Å². The van der Waals surface area contributed by atoms with Crippen LogP contribution >= 0.6 is 23.2 Å². The van der Waals surface area contributed by atoms with Gasteiger partial charge in [-0.25, -0.2) is 4.79 Å². The number of carbonyl (C=O) groups is 1. The SMILES string of the molecule is O=C(NCCCN1CCCCC1)N1CCN(c2c(Cl)cccc2Cl)CC1. The normalized spacial score (nSPS) is 18.8. The summed E-state index contributed by atoms with van der Waals surface area (Å²) in [6.07, 6.45) is 5.00. The van der Waals surface area contributed by atoms with E-state index in [1.807, 2.05) is 23.1 Å². The van der Waals surface area contributed by atoms with Crippen LogP contribution in [0, 0.1) is 0 Å². The summed E-state index contributed by atoms with van der Waals surface area (Å²) in [5.41, 5.74) is 0.873. The number of rotatable bonds is 5. The van der Waals surface area contributed by atoms with E-state index in [0.29, 0.717) is 23.1 Å². The van der Waals surface area contributed by atoms with E-state index >= 15 is 0 Å². The molecule has 3 rings (SSSR count). The lowest BCUT2D eigenvalue weighted by atomic mass is 10.1. The first kappa shape index (κ1) is 19.6. The number of hydrogen-bond donors (Lipinski definition) is 1. The highest BCUT2D eigenvalue weighted by Gasteiger charge is 2.23. The molecule has 1 N–H and O–H groups in total. The van der Waals surface area contributed by atoms with Gasteiger partial charge in [0.15, 0.2) is 0 Å². The van der Waals surface area contributed by atoms with Crippen molar-refractivity contribution in [2.24, 2.45) is 0 Å².